The van der Waals surface area contributed by atoms with Crippen molar-refractivity contribution in [3.8, 4) is 0 Å². The van der Waals surface area contributed by atoms with Crippen LogP contribution in [0.2, 0.25) is 0 Å². The summed E-state index contributed by atoms with van der Waals surface area (Å²) >= 11 is 0. The molecule has 7 heteroatoms. The van der Waals surface area contributed by atoms with Crippen LogP contribution in [0.25, 0.3) is 0 Å². The second-order valence-corrected chi connectivity index (χ2v) is 5.09. The van der Waals surface area contributed by atoms with Gasteiger partial charge in [0.25, 0.3) is 11.6 Å². The van der Waals surface area contributed by atoms with Crippen LogP contribution < -0.4 is 16.6 Å². The summed E-state index contributed by atoms with van der Waals surface area (Å²) in [7, 11) is 0. The Bertz CT molecular complexity index is 532. The lowest BCUT2D eigenvalue weighted by atomic mass is 10.1. The van der Waals surface area contributed by atoms with E-state index in [2.05, 4.69) is 17.7 Å². The molecule has 1 aromatic carbocycles. The monoisotopic (exact) mass is 278 g/mol. The van der Waals surface area contributed by atoms with Gasteiger partial charge in [-0.05, 0) is 24.8 Å². The first-order chi connectivity index (χ1) is 9.54. The molecule has 1 fully saturated rings. The molecule has 1 amide bonds. The van der Waals surface area contributed by atoms with E-state index in [0.29, 0.717) is 5.92 Å². The third-order valence-corrected chi connectivity index (χ3v) is 3.81. The summed E-state index contributed by atoms with van der Waals surface area (Å²) in [5, 5.41) is 13.9. The van der Waals surface area contributed by atoms with Gasteiger partial charge in [0.2, 0.25) is 0 Å². The molecule has 1 aliphatic carbocycles. The van der Waals surface area contributed by atoms with Crippen LogP contribution in [-0.4, -0.2) is 16.9 Å². The van der Waals surface area contributed by atoms with Crippen molar-refractivity contribution in [2.24, 2.45) is 11.8 Å². The van der Waals surface area contributed by atoms with Crippen molar-refractivity contribution in [2.75, 3.05) is 5.43 Å². The number of amides is 1. The number of nitrogens with two attached hydrogens (primary N) is 1. The second kappa shape index (κ2) is 5.87. The molecule has 108 valence electrons. The molecule has 0 aromatic heterocycles. The highest BCUT2D eigenvalue weighted by molar-refractivity contribution is 6.01. The summed E-state index contributed by atoms with van der Waals surface area (Å²) in [4.78, 5) is 22.6. The van der Waals surface area contributed by atoms with Gasteiger partial charge in [0, 0.05) is 12.1 Å². The van der Waals surface area contributed by atoms with Crippen molar-refractivity contribution >= 4 is 17.3 Å². The van der Waals surface area contributed by atoms with Gasteiger partial charge in [0.1, 0.15) is 5.69 Å². The minimum absolute atomic E-state index is 0.0423. The van der Waals surface area contributed by atoms with Crippen LogP contribution in [0.4, 0.5) is 11.4 Å². The van der Waals surface area contributed by atoms with Crippen LogP contribution in [0.3, 0.4) is 0 Å². The lowest BCUT2D eigenvalue weighted by Crippen LogP contribution is -2.37. The number of nitro groups is 1. The van der Waals surface area contributed by atoms with Gasteiger partial charge in [-0.1, -0.05) is 19.4 Å². The standard InChI is InChI=1S/C13H18N4O3/c1-8-4-2-6-10(8)15-13(18)9-5-3-7-11(17(19)20)12(9)16-14/h3,5,7-8,10,16H,2,4,6,14H2,1H3,(H,15,18). The van der Waals surface area contributed by atoms with Crippen LogP contribution in [0.15, 0.2) is 18.2 Å². The zero-order valence-electron chi connectivity index (χ0n) is 11.3. The van der Waals surface area contributed by atoms with Crippen LogP contribution in [-0.2, 0) is 0 Å². The van der Waals surface area contributed by atoms with Gasteiger partial charge in [-0.15, -0.1) is 0 Å². The Balaban J connectivity index is 2.25. The van der Waals surface area contributed by atoms with Crippen LogP contribution in [0, 0.1) is 16.0 Å². The number of carbonyl (C=O) groups is 1. The number of nitro benzene ring substituents is 1. The molecule has 0 radical (unpaired) electrons. The molecular weight excluding hydrogens is 260 g/mol. The van der Waals surface area contributed by atoms with E-state index in [-0.39, 0.29) is 28.9 Å². The molecule has 1 aromatic rings. The fraction of sp³-hybridized carbons (Fsp3) is 0.462. The quantitative estimate of drug-likeness (QED) is 0.442. The Morgan fingerprint density at radius 1 is 1.45 bits per heavy atom. The molecule has 2 atom stereocenters. The first-order valence-corrected chi connectivity index (χ1v) is 6.59. The summed E-state index contributed by atoms with van der Waals surface area (Å²) in [5.74, 6) is 5.42. The first kappa shape index (κ1) is 14.3. The van der Waals surface area contributed by atoms with Crippen molar-refractivity contribution in [2.45, 2.75) is 32.2 Å². The molecular formula is C13H18N4O3. The van der Waals surface area contributed by atoms with Gasteiger partial charge < -0.3 is 10.7 Å². The van der Waals surface area contributed by atoms with Gasteiger partial charge in [-0.25, -0.2) is 0 Å². The highest BCUT2D eigenvalue weighted by atomic mass is 16.6. The zero-order valence-corrected chi connectivity index (χ0v) is 11.3. The van der Waals surface area contributed by atoms with E-state index < -0.39 is 4.92 Å². The molecule has 0 saturated heterocycles. The number of nitrogen functional groups attached to an aromatic ring is 1. The Labute approximate surface area is 116 Å². The molecule has 1 aliphatic rings. The van der Waals surface area contributed by atoms with E-state index in [4.69, 9.17) is 5.84 Å². The minimum atomic E-state index is -0.565. The van der Waals surface area contributed by atoms with E-state index in [0.717, 1.165) is 19.3 Å². The molecule has 0 heterocycles. The van der Waals surface area contributed by atoms with Crippen molar-refractivity contribution in [3.63, 3.8) is 0 Å². The van der Waals surface area contributed by atoms with Crippen LogP contribution in [0.5, 0.6) is 0 Å². The third-order valence-electron chi connectivity index (χ3n) is 3.81. The summed E-state index contributed by atoms with van der Waals surface area (Å²) in [6.07, 6.45) is 3.11. The van der Waals surface area contributed by atoms with E-state index >= 15 is 0 Å². The minimum Gasteiger partial charge on any atom is -0.349 e. The van der Waals surface area contributed by atoms with E-state index in [1.165, 1.54) is 18.2 Å². The number of para-hydroxylation sites is 1. The predicted molar refractivity (Wildman–Crippen MR) is 75.2 cm³/mol. The third kappa shape index (κ3) is 2.72. The highest BCUT2D eigenvalue weighted by Crippen LogP contribution is 2.29. The molecule has 2 unspecified atom stereocenters. The van der Waals surface area contributed by atoms with Gasteiger partial charge in [0.15, 0.2) is 0 Å². The Morgan fingerprint density at radius 3 is 2.75 bits per heavy atom. The molecule has 0 spiro atoms. The fourth-order valence-corrected chi connectivity index (χ4v) is 2.64. The van der Waals surface area contributed by atoms with Gasteiger partial charge in [0.05, 0.1) is 10.5 Å². The summed E-state index contributed by atoms with van der Waals surface area (Å²) < 4.78 is 0. The topological polar surface area (TPSA) is 110 Å². The predicted octanol–water partition coefficient (Wildman–Crippen LogP) is 1.80. The number of rotatable bonds is 4. The number of carbonyl (C=O) groups excluding carboxylic acids is 1. The SMILES string of the molecule is CC1CCCC1NC(=O)c1cccc([N+](=O)[O-])c1NN. The maximum absolute atomic E-state index is 12.3. The fourth-order valence-electron chi connectivity index (χ4n) is 2.64. The lowest BCUT2D eigenvalue weighted by Gasteiger charge is -2.18. The van der Waals surface area contributed by atoms with Crippen molar-refractivity contribution in [1.29, 1.82) is 0 Å². The second-order valence-electron chi connectivity index (χ2n) is 5.09. The average molecular weight is 278 g/mol. The molecule has 0 aliphatic heterocycles. The van der Waals surface area contributed by atoms with E-state index in [1.807, 2.05) is 0 Å². The summed E-state index contributed by atoms with van der Waals surface area (Å²) in [6, 6.07) is 4.43. The first-order valence-electron chi connectivity index (χ1n) is 6.59. The molecule has 0 bridgehead atoms. The van der Waals surface area contributed by atoms with Crippen LogP contribution in [0.1, 0.15) is 36.5 Å². The number of hydrogen-bond donors (Lipinski definition) is 3. The number of nitrogens with one attached hydrogen (secondary N) is 2. The Kier molecular flexibility index (Phi) is 4.19. The number of anilines is 1. The van der Waals surface area contributed by atoms with Gasteiger partial charge >= 0.3 is 0 Å². The van der Waals surface area contributed by atoms with Crippen molar-refractivity contribution in [1.82, 2.24) is 5.32 Å². The van der Waals surface area contributed by atoms with Crippen LogP contribution >= 0.6 is 0 Å². The highest BCUT2D eigenvalue weighted by Gasteiger charge is 2.27. The smallest absolute Gasteiger partial charge is 0.294 e. The normalized spacial score (nSPS) is 21.5. The molecule has 7 nitrogen and oxygen atoms in total. The maximum atomic E-state index is 12.3. The van der Waals surface area contributed by atoms with E-state index in [9.17, 15) is 14.9 Å². The molecule has 2 rings (SSSR count). The van der Waals surface area contributed by atoms with Crippen molar-refractivity contribution < 1.29 is 9.72 Å². The van der Waals surface area contributed by atoms with E-state index in [1.54, 1.807) is 0 Å². The maximum Gasteiger partial charge on any atom is 0.294 e. The summed E-state index contributed by atoms with van der Waals surface area (Å²) in [5.41, 5.74) is 2.29. The largest absolute Gasteiger partial charge is 0.349 e. The number of hydrazine groups is 1. The summed E-state index contributed by atoms with van der Waals surface area (Å²) in [6.45, 7) is 2.09. The Morgan fingerprint density at radius 2 is 2.20 bits per heavy atom. The molecule has 4 N–H and O–H groups in total. The molecule has 20 heavy (non-hydrogen) atoms. The average Bonchev–Trinajstić information content (AvgIpc) is 2.83. The Hall–Kier alpha value is -2.15. The van der Waals surface area contributed by atoms with Gasteiger partial charge in [-0.2, -0.15) is 0 Å². The molecule has 1 saturated carbocycles. The lowest BCUT2D eigenvalue weighted by molar-refractivity contribution is -0.384. The van der Waals surface area contributed by atoms with Crippen molar-refractivity contribution in [3.05, 3.63) is 33.9 Å². The zero-order chi connectivity index (χ0) is 14.7. The number of hydrogen-bond acceptors (Lipinski definition) is 5. The van der Waals surface area contributed by atoms with Gasteiger partial charge in [-0.3, -0.25) is 20.8 Å². The number of nitrogens with zero attached hydrogens (tertiary/aromatic N) is 1. The number of benzene rings is 1.